The molecule has 1 heterocycles. The molecule has 35 heavy (non-hydrogen) atoms. The smallest absolute Gasteiger partial charge is 0.235 e. The highest BCUT2D eigenvalue weighted by Crippen LogP contribution is 2.33. The summed E-state index contributed by atoms with van der Waals surface area (Å²) in [5.74, 6) is 1.61. The minimum absolute atomic E-state index is 0.0402. The van der Waals surface area contributed by atoms with Gasteiger partial charge in [-0.05, 0) is 73.1 Å². The van der Waals surface area contributed by atoms with E-state index >= 15 is 0 Å². The van der Waals surface area contributed by atoms with E-state index in [0.29, 0.717) is 29.9 Å². The van der Waals surface area contributed by atoms with E-state index in [1.54, 1.807) is 0 Å². The number of aryl methyl sites for hydroxylation is 2. The Kier molecular flexibility index (Phi) is 7.30. The molecule has 0 aliphatic rings. The van der Waals surface area contributed by atoms with Gasteiger partial charge in [-0.1, -0.05) is 63.2 Å². The zero-order valence-electron chi connectivity index (χ0n) is 21.3. The Hall–Kier alpha value is -3.53. The fourth-order valence-corrected chi connectivity index (χ4v) is 3.96. The van der Waals surface area contributed by atoms with Crippen molar-refractivity contribution < 1.29 is 13.9 Å². The second-order valence-electron chi connectivity index (χ2n) is 10.1. The zero-order chi connectivity index (χ0) is 25.0. The molecule has 0 amide bonds. The first-order chi connectivity index (χ1) is 16.7. The SMILES string of the molecule is Cc1cc2oc(-c3ccc(C(C)(C)C)cc3)c(OCCCCOc3ccccc3)c(=O)c2cc1C. The highest BCUT2D eigenvalue weighted by atomic mass is 16.5. The molecular formula is C31H34O4. The van der Waals surface area contributed by atoms with E-state index in [-0.39, 0.29) is 16.6 Å². The van der Waals surface area contributed by atoms with Gasteiger partial charge in [0, 0.05) is 5.56 Å². The molecule has 0 atom stereocenters. The summed E-state index contributed by atoms with van der Waals surface area (Å²) in [7, 11) is 0. The number of hydrogen-bond donors (Lipinski definition) is 0. The molecule has 0 saturated heterocycles. The number of rotatable bonds is 8. The molecule has 0 aliphatic carbocycles. The van der Waals surface area contributed by atoms with Crippen molar-refractivity contribution in [3.63, 3.8) is 0 Å². The Bertz CT molecular complexity index is 1340. The molecule has 0 radical (unpaired) electrons. The van der Waals surface area contributed by atoms with Crippen molar-refractivity contribution in [3.8, 4) is 22.8 Å². The molecule has 4 rings (SSSR count). The normalized spacial score (nSPS) is 11.6. The maximum atomic E-state index is 13.5. The molecule has 0 saturated carbocycles. The predicted octanol–water partition coefficient (Wildman–Crippen LogP) is 7.61. The summed E-state index contributed by atoms with van der Waals surface area (Å²) in [5, 5.41) is 0.547. The van der Waals surface area contributed by atoms with Crippen LogP contribution < -0.4 is 14.9 Å². The molecule has 4 nitrogen and oxygen atoms in total. The van der Waals surface area contributed by atoms with Crippen molar-refractivity contribution in [1.82, 2.24) is 0 Å². The lowest BCUT2D eigenvalue weighted by atomic mass is 9.86. The molecule has 4 heteroatoms. The lowest BCUT2D eigenvalue weighted by Crippen LogP contribution is -2.13. The van der Waals surface area contributed by atoms with Crippen LogP contribution in [0.1, 0.15) is 50.3 Å². The van der Waals surface area contributed by atoms with Crippen LogP contribution in [0.25, 0.3) is 22.3 Å². The van der Waals surface area contributed by atoms with Gasteiger partial charge < -0.3 is 13.9 Å². The predicted molar refractivity (Wildman–Crippen MR) is 143 cm³/mol. The molecule has 4 aromatic rings. The van der Waals surface area contributed by atoms with Crippen LogP contribution in [-0.2, 0) is 5.41 Å². The fraction of sp³-hybridized carbons (Fsp3) is 0.323. The van der Waals surface area contributed by atoms with Crippen LogP contribution in [0.3, 0.4) is 0 Å². The van der Waals surface area contributed by atoms with Gasteiger partial charge in [0.1, 0.15) is 11.3 Å². The summed E-state index contributed by atoms with van der Waals surface area (Å²) in [4.78, 5) is 13.5. The van der Waals surface area contributed by atoms with Crippen molar-refractivity contribution >= 4 is 11.0 Å². The second kappa shape index (κ2) is 10.4. The fourth-order valence-electron chi connectivity index (χ4n) is 3.96. The summed E-state index contributed by atoms with van der Waals surface area (Å²) in [6.45, 7) is 11.6. The third-order valence-electron chi connectivity index (χ3n) is 6.28. The van der Waals surface area contributed by atoms with Crippen LogP contribution in [0.4, 0.5) is 0 Å². The highest BCUT2D eigenvalue weighted by molar-refractivity contribution is 5.83. The number of ether oxygens (including phenoxy) is 2. The average Bonchev–Trinajstić information content (AvgIpc) is 2.84. The number of para-hydroxylation sites is 1. The standard InChI is InChI=1S/C31H34O4/c1-21-19-26-27(20-22(21)2)35-29(23-13-15-24(16-14-23)31(3,4)5)30(28(26)32)34-18-10-9-17-33-25-11-7-6-8-12-25/h6-8,11-16,19-20H,9-10,17-18H2,1-5H3. The van der Waals surface area contributed by atoms with Crippen molar-refractivity contribution in [2.75, 3.05) is 13.2 Å². The van der Waals surface area contributed by atoms with E-state index in [4.69, 9.17) is 13.9 Å². The Labute approximate surface area is 207 Å². The topological polar surface area (TPSA) is 48.7 Å². The maximum Gasteiger partial charge on any atom is 0.235 e. The molecule has 0 bridgehead atoms. The van der Waals surface area contributed by atoms with Crippen LogP contribution in [0, 0.1) is 13.8 Å². The summed E-state index contributed by atoms with van der Waals surface area (Å²) in [5.41, 5.74) is 4.67. The lowest BCUT2D eigenvalue weighted by molar-refractivity contribution is 0.263. The minimum Gasteiger partial charge on any atom is -0.494 e. The third kappa shape index (κ3) is 5.76. The molecule has 0 aliphatic heterocycles. The molecule has 1 aromatic heterocycles. The second-order valence-corrected chi connectivity index (χ2v) is 10.1. The average molecular weight is 471 g/mol. The van der Waals surface area contributed by atoms with Crippen LogP contribution in [0.2, 0.25) is 0 Å². The quantitative estimate of drug-likeness (QED) is 0.249. The van der Waals surface area contributed by atoms with Gasteiger partial charge in [0.05, 0.1) is 18.6 Å². The monoisotopic (exact) mass is 470 g/mol. The molecule has 3 aromatic carbocycles. The van der Waals surface area contributed by atoms with E-state index in [1.165, 1.54) is 5.56 Å². The third-order valence-corrected chi connectivity index (χ3v) is 6.28. The highest BCUT2D eigenvalue weighted by Gasteiger charge is 2.20. The number of unbranched alkanes of at least 4 members (excludes halogenated alkanes) is 1. The minimum atomic E-state index is -0.134. The Morgan fingerprint density at radius 1 is 0.800 bits per heavy atom. The van der Waals surface area contributed by atoms with E-state index in [1.807, 2.05) is 68.4 Å². The van der Waals surface area contributed by atoms with Gasteiger partial charge in [-0.15, -0.1) is 0 Å². The summed E-state index contributed by atoms with van der Waals surface area (Å²) >= 11 is 0. The van der Waals surface area contributed by atoms with Gasteiger partial charge in [-0.25, -0.2) is 0 Å². The van der Waals surface area contributed by atoms with Crippen molar-refractivity contribution in [2.45, 2.75) is 52.9 Å². The van der Waals surface area contributed by atoms with Crippen LogP contribution in [0.15, 0.2) is 75.9 Å². The van der Waals surface area contributed by atoms with Crippen molar-refractivity contribution in [2.24, 2.45) is 0 Å². The van der Waals surface area contributed by atoms with Gasteiger partial charge in [-0.2, -0.15) is 0 Å². The number of benzene rings is 3. The Morgan fingerprint density at radius 2 is 1.43 bits per heavy atom. The van der Waals surface area contributed by atoms with Crippen LogP contribution in [-0.4, -0.2) is 13.2 Å². The number of hydrogen-bond acceptors (Lipinski definition) is 4. The molecular weight excluding hydrogens is 436 g/mol. The Morgan fingerprint density at radius 3 is 2.09 bits per heavy atom. The van der Waals surface area contributed by atoms with Gasteiger partial charge >= 0.3 is 0 Å². The van der Waals surface area contributed by atoms with Crippen molar-refractivity contribution in [3.05, 3.63) is 93.6 Å². The van der Waals surface area contributed by atoms with Crippen LogP contribution >= 0.6 is 0 Å². The first-order valence-corrected chi connectivity index (χ1v) is 12.2. The molecule has 0 unspecified atom stereocenters. The lowest BCUT2D eigenvalue weighted by Gasteiger charge is -2.19. The number of fused-ring (bicyclic) bond motifs is 1. The molecule has 0 N–H and O–H groups in total. The van der Waals surface area contributed by atoms with E-state index in [2.05, 4.69) is 32.9 Å². The summed E-state index contributed by atoms with van der Waals surface area (Å²) in [6.07, 6.45) is 1.58. The van der Waals surface area contributed by atoms with Crippen molar-refractivity contribution in [1.29, 1.82) is 0 Å². The summed E-state index contributed by atoms with van der Waals surface area (Å²) in [6, 6.07) is 21.8. The Balaban J connectivity index is 1.58. The van der Waals surface area contributed by atoms with Crippen LogP contribution in [0.5, 0.6) is 11.5 Å². The van der Waals surface area contributed by atoms with E-state index in [0.717, 1.165) is 35.3 Å². The van der Waals surface area contributed by atoms with E-state index < -0.39 is 0 Å². The molecule has 0 fully saturated rings. The molecule has 0 spiro atoms. The van der Waals surface area contributed by atoms with Gasteiger partial charge in [0.25, 0.3) is 0 Å². The zero-order valence-corrected chi connectivity index (χ0v) is 21.3. The first kappa shape index (κ1) is 24.6. The van der Waals surface area contributed by atoms with Gasteiger partial charge in [0.2, 0.25) is 11.2 Å². The van der Waals surface area contributed by atoms with Gasteiger partial charge in [-0.3, -0.25) is 4.79 Å². The summed E-state index contributed by atoms with van der Waals surface area (Å²) < 4.78 is 18.2. The maximum absolute atomic E-state index is 13.5. The van der Waals surface area contributed by atoms with Gasteiger partial charge in [0.15, 0.2) is 5.76 Å². The largest absolute Gasteiger partial charge is 0.494 e. The first-order valence-electron chi connectivity index (χ1n) is 12.2. The van der Waals surface area contributed by atoms with E-state index in [9.17, 15) is 4.79 Å². The molecule has 182 valence electrons.